The number of nitro groups is 1. The first-order chi connectivity index (χ1) is 12.5. The number of amides is 1. The number of rotatable bonds is 7. The Bertz CT molecular complexity index is 923. The summed E-state index contributed by atoms with van der Waals surface area (Å²) in [6.07, 6.45) is 3.13. The highest BCUT2D eigenvalue weighted by Gasteiger charge is 2.17. The lowest BCUT2D eigenvalue weighted by molar-refractivity contribution is -0.384. The van der Waals surface area contributed by atoms with E-state index in [0.717, 1.165) is 11.3 Å². The zero-order chi connectivity index (χ0) is 18.5. The first-order valence-corrected chi connectivity index (χ1v) is 8.59. The van der Waals surface area contributed by atoms with Gasteiger partial charge in [-0.3, -0.25) is 14.9 Å². The fourth-order valence-corrected chi connectivity index (χ4v) is 2.96. The summed E-state index contributed by atoms with van der Waals surface area (Å²) < 4.78 is 7.04. The van der Waals surface area contributed by atoms with Crippen molar-refractivity contribution in [3.8, 4) is 0 Å². The summed E-state index contributed by atoms with van der Waals surface area (Å²) in [6.45, 7) is 2.20. The normalized spacial score (nSPS) is 10.7. The van der Waals surface area contributed by atoms with Crippen molar-refractivity contribution in [3.63, 3.8) is 0 Å². The predicted molar refractivity (Wildman–Crippen MR) is 95.0 cm³/mol. The molecule has 10 heteroatoms. The Morgan fingerprint density at radius 2 is 2.27 bits per heavy atom. The van der Waals surface area contributed by atoms with Gasteiger partial charge in [0.25, 0.3) is 5.69 Å². The quantitative estimate of drug-likeness (QED) is 0.384. The molecule has 1 N–H and O–H groups in total. The first-order valence-electron chi connectivity index (χ1n) is 7.61. The van der Waals surface area contributed by atoms with E-state index in [1.165, 1.54) is 23.9 Å². The van der Waals surface area contributed by atoms with Gasteiger partial charge in [-0.15, -0.1) is 10.2 Å². The minimum absolute atomic E-state index is 0.0435. The van der Waals surface area contributed by atoms with Gasteiger partial charge in [0.2, 0.25) is 5.91 Å². The molecule has 0 aliphatic rings. The van der Waals surface area contributed by atoms with Crippen molar-refractivity contribution < 1.29 is 14.1 Å². The van der Waals surface area contributed by atoms with Gasteiger partial charge in [-0.1, -0.05) is 17.8 Å². The second-order valence-corrected chi connectivity index (χ2v) is 6.38. The number of nitro benzene ring substituents is 1. The van der Waals surface area contributed by atoms with Crippen LogP contribution in [0.5, 0.6) is 0 Å². The number of nitrogens with zero attached hydrogens (tertiary/aromatic N) is 4. The smallest absolute Gasteiger partial charge is 0.293 e. The molecule has 0 unspecified atom stereocenters. The van der Waals surface area contributed by atoms with Crippen LogP contribution in [0.3, 0.4) is 0 Å². The molecule has 0 aliphatic heterocycles. The molecule has 0 aliphatic carbocycles. The standard InChI is InChI=1S/C16H15N5O4S/c1-11-4-5-13(14(7-11)21(23)24)18-15(22)9-26-16-19-17-10-20(16)8-12-3-2-6-25-12/h2-7,10H,8-9H2,1H3,(H,18,22). The Hall–Kier alpha value is -3.14. The predicted octanol–water partition coefficient (Wildman–Crippen LogP) is 2.87. The number of aromatic nitrogens is 3. The maximum absolute atomic E-state index is 12.2. The van der Waals surface area contributed by atoms with E-state index < -0.39 is 4.92 Å². The van der Waals surface area contributed by atoms with E-state index in [2.05, 4.69) is 15.5 Å². The van der Waals surface area contributed by atoms with Crippen LogP contribution >= 0.6 is 11.8 Å². The summed E-state index contributed by atoms with van der Waals surface area (Å²) >= 11 is 1.19. The number of carbonyl (C=O) groups excluding carboxylic acids is 1. The topological polar surface area (TPSA) is 116 Å². The fraction of sp³-hybridized carbons (Fsp3) is 0.188. The average molecular weight is 373 g/mol. The Morgan fingerprint density at radius 3 is 3.00 bits per heavy atom. The summed E-state index contributed by atoms with van der Waals surface area (Å²) in [4.78, 5) is 22.8. The molecule has 0 radical (unpaired) electrons. The molecule has 2 heterocycles. The third-order valence-electron chi connectivity index (χ3n) is 3.44. The number of thioether (sulfide) groups is 1. The maximum Gasteiger partial charge on any atom is 0.293 e. The summed E-state index contributed by atoms with van der Waals surface area (Å²) in [5.74, 6) is 0.419. The molecule has 2 aromatic heterocycles. The number of furan rings is 1. The van der Waals surface area contributed by atoms with Crippen LogP contribution in [0, 0.1) is 17.0 Å². The largest absolute Gasteiger partial charge is 0.467 e. The van der Waals surface area contributed by atoms with E-state index in [-0.39, 0.29) is 23.0 Å². The van der Waals surface area contributed by atoms with Crippen molar-refractivity contribution >= 4 is 29.0 Å². The maximum atomic E-state index is 12.2. The number of carbonyl (C=O) groups is 1. The Kier molecular flexibility index (Phi) is 5.32. The van der Waals surface area contributed by atoms with Crippen LogP contribution in [0.4, 0.5) is 11.4 Å². The third-order valence-corrected chi connectivity index (χ3v) is 4.42. The van der Waals surface area contributed by atoms with Crippen LogP contribution in [-0.2, 0) is 11.3 Å². The highest BCUT2D eigenvalue weighted by molar-refractivity contribution is 7.99. The van der Waals surface area contributed by atoms with E-state index in [1.54, 1.807) is 36.2 Å². The number of hydrogen-bond acceptors (Lipinski definition) is 7. The lowest BCUT2D eigenvalue weighted by Gasteiger charge is -2.07. The average Bonchev–Trinajstić information content (AvgIpc) is 3.27. The lowest BCUT2D eigenvalue weighted by Crippen LogP contribution is -2.15. The fourth-order valence-electron chi connectivity index (χ4n) is 2.25. The van der Waals surface area contributed by atoms with Crippen molar-refractivity contribution in [3.05, 3.63) is 64.4 Å². The van der Waals surface area contributed by atoms with E-state index in [0.29, 0.717) is 11.7 Å². The molecule has 26 heavy (non-hydrogen) atoms. The Labute approximate surface area is 152 Å². The molecule has 0 saturated carbocycles. The summed E-state index contributed by atoms with van der Waals surface area (Å²) in [5, 5.41) is 22.1. The molecule has 0 saturated heterocycles. The molecule has 9 nitrogen and oxygen atoms in total. The van der Waals surface area contributed by atoms with Crippen LogP contribution in [0.2, 0.25) is 0 Å². The van der Waals surface area contributed by atoms with Crippen LogP contribution in [-0.4, -0.2) is 31.3 Å². The zero-order valence-corrected chi connectivity index (χ0v) is 14.6. The van der Waals surface area contributed by atoms with Gasteiger partial charge in [0.05, 0.1) is 23.5 Å². The van der Waals surface area contributed by atoms with E-state index in [1.807, 2.05) is 6.07 Å². The second kappa shape index (κ2) is 7.83. The molecule has 0 atom stereocenters. The van der Waals surface area contributed by atoms with Crippen molar-refractivity contribution in [1.29, 1.82) is 0 Å². The molecule has 0 spiro atoms. The molecule has 3 aromatic rings. The highest BCUT2D eigenvalue weighted by Crippen LogP contribution is 2.26. The van der Waals surface area contributed by atoms with Gasteiger partial charge in [-0.2, -0.15) is 0 Å². The molecular formula is C16H15N5O4S. The Morgan fingerprint density at radius 1 is 1.42 bits per heavy atom. The van der Waals surface area contributed by atoms with Crippen molar-refractivity contribution in [2.45, 2.75) is 18.6 Å². The SMILES string of the molecule is Cc1ccc(NC(=O)CSc2nncn2Cc2ccco2)c([N+](=O)[O-])c1. The number of aryl methyl sites for hydroxylation is 1. The van der Waals surface area contributed by atoms with E-state index in [4.69, 9.17) is 4.42 Å². The van der Waals surface area contributed by atoms with Crippen molar-refractivity contribution in [2.24, 2.45) is 0 Å². The second-order valence-electron chi connectivity index (χ2n) is 5.44. The van der Waals surface area contributed by atoms with Crippen molar-refractivity contribution in [1.82, 2.24) is 14.8 Å². The number of nitrogens with one attached hydrogen (secondary N) is 1. The Balaban J connectivity index is 1.62. The summed E-state index contributed by atoms with van der Waals surface area (Å²) in [5.41, 5.74) is 0.780. The molecular weight excluding hydrogens is 358 g/mol. The van der Waals surface area contributed by atoms with Gasteiger partial charge in [0.15, 0.2) is 5.16 Å². The van der Waals surface area contributed by atoms with Gasteiger partial charge in [-0.05, 0) is 30.7 Å². The molecule has 0 bridgehead atoms. The molecule has 1 amide bonds. The van der Waals surface area contributed by atoms with Crippen LogP contribution in [0.15, 0.2) is 52.5 Å². The molecule has 134 valence electrons. The number of hydrogen-bond donors (Lipinski definition) is 1. The van der Waals surface area contributed by atoms with Gasteiger partial charge < -0.3 is 14.3 Å². The van der Waals surface area contributed by atoms with E-state index in [9.17, 15) is 14.9 Å². The first kappa shape index (κ1) is 17.7. The minimum Gasteiger partial charge on any atom is -0.467 e. The molecule has 0 fully saturated rings. The lowest BCUT2D eigenvalue weighted by atomic mass is 10.2. The van der Waals surface area contributed by atoms with Gasteiger partial charge in [0.1, 0.15) is 17.8 Å². The monoisotopic (exact) mass is 373 g/mol. The minimum atomic E-state index is -0.518. The number of benzene rings is 1. The van der Waals surface area contributed by atoms with Gasteiger partial charge >= 0.3 is 0 Å². The molecule has 1 aromatic carbocycles. The summed E-state index contributed by atoms with van der Waals surface area (Å²) in [7, 11) is 0. The van der Waals surface area contributed by atoms with Crippen molar-refractivity contribution in [2.75, 3.05) is 11.1 Å². The third kappa shape index (κ3) is 4.28. The van der Waals surface area contributed by atoms with Crippen LogP contribution in [0.1, 0.15) is 11.3 Å². The van der Waals surface area contributed by atoms with Crippen LogP contribution in [0.25, 0.3) is 0 Å². The van der Waals surface area contributed by atoms with Gasteiger partial charge in [-0.25, -0.2) is 0 Å². The molecule has 3 rings (SSSR count). The van der Waals surface area contributed by atoms with Gasteiger partial charge in [0, 0.05) is 6.07 Å². The summed E-state index contributed by atoms with van der Waals surface area (Å²) in [6, 6.07) is 8.26. The van der Waals surface area contributed by atoms with Crippen LogP contribution < -0.4 is 5.32 Å². The highest BCUT2D eigenvalue weighted by atomic mass is 32.2. The number of anilines is 1. The zero-order valence-electron chi connectivity index (χ0n) is 13.8. The van der Waals surface area contributed by atoms with E-state index >= 15 is 0 Å².